The van der Waals surface area contributed by atoms with Gasteiger partial charge in [0, 0.05) is 6.20 Å². The fourth-order valence-electron chi connectivity index (χ4n) is 2.19. The zero-order valence-electron chi connectivity index (χ0n) is 12.2. The number of carbonyl (C=O) groups is 2. The van der Waals surface area contributed by atoms with Gasteiger partial charge in [-0.2, -0.15) is 0 Å². The van der Waals surface area contributed by atoms with Crippen LogP contribution in [0.15, 0.2) is 18.3 Å². The molecular weight excluding hydrogens is 288 g/mol. The molecule has 22 heavy (non-hydrogen) atoms. The Morgan fingerprint density at radius 2 is 2.18 bits per heavy atom. The summed E-state index contributed by atoms with van der Waals surface area (Å²) in [5, 5.41) is 20.7. The minimum Gasteiger partial charge on any atom is -0.478 e. The molecule has 0 aliphatic rings. The minimum atomic E-state index is -1.06. The summed E-state index contributed by atoms with van der Waals surface area (Å²) >= 11 is 0. The van der Waals surface area contributed by atoms with Gasteiger partial charge in [0.25, 0.3) is 5.91 Å². The van der Waals surface area contributed by atoms with E-state index in [4.69, 9.17) is 5.21 Å². The van der Waals surface area contributed by atoms with E-state index >= 15 is 0 Å². The molecule has 0 aromatic carbocycles. The predicted molar refractivity (Wildman–Crippen MR) is 79.2 cm³/mol. The van der Waals surface area contributed by atoms with E-state index in [1.165, 1.54) is 6.07 Å². The zero-order valence-corrected chi connectivity index (χ0v) is 12.2. The fraction of sp³-hybridized carbons (Fsp3) is 0.357. The lowest BCUT2D eigenvalue weighted by atomic mass is 10.2. The molecule has 2 aromatic rings. The molecule has 8 nitrogen and oxygen atoms in total. The number of rotatable bonds is 7. The molecule has 4 N–H and O–H groups in total. The number of carbonyl (C=O) groups excluding carboxylic acids is 1. The van der Waals surface area contributed by atoms with Gasteiger partial charge in [-0.25, -0.2) is 15.3 Å². The fourth-order valence-corrected chi connectivity index (χ4v) is 2.19. The number of aromatic nitrogens is 2. The van der Waals surface area contributed by atoms with Crippen LogP contribution in [0.1, 0.15) is 35.8 Å². The molecule has 0 atom stereocenters. The highest BCUT2D eigenvalue weighted by atomic mass is 16.5. The number of hydroxylamine groups is 1. The van der Waals surface area contributed by atoms with Gasteiger partial charge in [-0.05, 0) is 25.0 Å². The number of hydrogen-bond donors (Lipinski definition) is 4. The largest absolute Gasteiger partial charge is 0.478 e. The summed E-state index contributed by atoms with van der Waals surface area (Å²) in [5.74, 6) is -1.08. The van der Waals surface area contributed by atoms with Crippen LogP contribution in [0.5, 0.6) is 0 Å². The van der Waals surface area contributed by atoms with Crippen LogP contribution in [0.2, 0.25) is 0 Å². The van der Waals surface area contributed by atoms with E-state index in [0.717, 1.165) is 12.8 Å². The van der Waals surface area contributed by atoms with Crippen molar-refractivity contribution in [2.24, 2.45) is 0 Å². The highest BCUT2D eigenvalue weighted by Crippen LogP contribution is 2.22. The van der Waals surface area contributed by atoms with Gasteiger partial charge in [-0.1, -0.05) is 13.3 Å². The Morgan fingerprint density at radius 3 is 2.82 bits per heavy atom. The number of amides is 1. The average Bonchev–Trinajstić information content (AvgIpc) is 2.87. The number of unbranched alkanes of at least 4 members (excludes halogenated alkanes) is 1. The van der Waals surface area contributed by atoms with E-state index in [-0.39, 0.29) is 12.1 Å². The summed E-state index contributed by atoms with van der Waals surface area (Å²) in [7, 11) is 0. The molecule has 0 aliphatic carbocycles. The molecule has 0 saturated carbocycles. The lowest BCUT2D eigenvalue weighted by Crippen LogP contribution is -2.27. The topological polar surface area (TPSA) is 116 Å². The summed E-state index contributed by atoms with van der Waals surface area (Å²) in [6.45, 7) is 1.91. The molecule has 0 aliphatic heterocycles. The predicted octanol–water partition coefficient (Wildman–Crippen LogP) is 1.29. The third-order valence-corrected chi connectivity index (χ3v) is 3.26. The minimum absolute atomic E-state index is 0.0971. The summed E-state index contributed by atoms with van der Waals surface area (Å²) in [4.78, 5) is 26.9. The number of aryl methyl sites for hydroxylation is 1. The highest BCUT2D eigenvalue weighted by Gasteiger charge is 2.17. The molecule has 2 rings (SSSR count). The van der Waals surface area contributed by atoms with Crippen molar-refractivity contribution in [2.45, 2.75) is 26.2 Å². The van der Waals surface area contributed by atoms with Gasteiger partial charge in [-0.15, -0.1) is 0 Å². The lowest BCUT2D eigenvalue weighted by Gasteiger charge is -2.07. The van der Waals surface area contributed by atoms with Crippen LogP contribution in [0.25, 0.3) is 5.65 Å². The number of carboxylic acid groups (broad SMARTS) is 1. The summed E-state index contributed by atoms with van der Waals surface area (Å²) in [5.41, 5.74) is 2.66. The van der Waals surface area contributed by atoms with Crippen molar-refractivity contribution in [3.63, 3.8) is 0 Å². The third-order valence-electron chi connectivity index (χ3n) is 3.26. The molecule has 8 heteroatoms. The number of carboxylic acids is 1. The van der Waals surface area contributed by atoms with Crippen molar-refractivity contribution in [1.82, 2.24) is 14.9 Å². The quantitative estimate of drug-likeness (QED) is 0.452. The van der Waals surface area contributed by atoms with Crippen molar-refractivity contribution in [1.29, 1.82) is 0 Å². The number of pyridine rings is 1. The number of imidazole rings is 1. The molecule has 0 spiro atoms. The van der Waals surface area contributed by atoms with E-state index in [2.05, 4.69) is 10.3 Å². The second-order valence-electron chi connectivity index (χ2n) is 4.82. The van der Waals surface area contributed by atoms with E-state index in [1.807, 2.05) is 6.92 Å². The van der Waals surface area contributed by atoms with Crippen LogP contribution in [-0.2, 0) is 11.2 Å². The smallest absolute Gasteiger partial charge is 0.339 e. The Balaban J connectivity index is 2.46. The zero-order chi connectivity index (χ0) is 16.1. The molecule has 0 bridgehead atoms. The van der Waals surface area contributed by atoms with E-state index < -0.39 is 11.9 Å². The first-order valence-electron chi connectivity index (χ1n) is 6.98. The van der Waals surface area contributed by atoms with Gasteiger partial charge < -0.3 is 10.4 Å². The van der Waals surface area contributed by atoms with Gasteiger partial charge in [0.2, 0.25) is 0 Å². The Hall–Kier alpha value is -2.61. The van der Waals surface area contributed by atoms with Gasteiger partial charge in [0.05, 0.1) is 12.2 Å². The Labute approximate surface area is 126 Å². The second kappa shape index (κ2) is 6.90. The standard InChI is InChI=1S/C14H18N4O4/c1-2-3-6-10-13(15-8-11(19)17-22)18-7-4-5-9(14(20)21)12(18)16-10/h4-5,7,15,22H,2-3,6,8H2,1H3,(H,17,19)(H,20,21). The maximum absolute atomic E-state index is 11.3. The second-order valence-corrected chi connectivity index (χ2v) is 4.82. The molecule has 118 valence electrons. The normalized spacial score (nSPS) is 10.6. The number of nitrogens with one attached hydrogen (secondary N) is 2. The molecular formula is C14H18N4O4. The first kappa shape index (κ1) is 15.8. The molecule has 0 radical (unpaired) electrons. The monoisotopic (exact) mass is 306 g/mol. The van der Waals surface area contributed by atoms with Crippen molar-refractivity contribution in [3.8, 4) is 0 Å². The van der Waals surface area contributed by atoms with Gasteiger partial charge in [0.15, 0.2) is 5.65 Å². The third kappa shape index (κ3) is 3.17. The van der Waals surface area contributed by atoms with E-state index in [0.29, 0.717) is 23.6 Å². The summed E-state index contributed by atoms with van der Waals surface area (Å²) < 4.78 is 1.61. The van der Waals surface area contributed by atoms with Crippen LogP contribution in [-0.4, -0.2) is 38.1 Å². The number of fused-ring (bicyclic) bond motifs is 1. The van der Waals surface area contributed by atoms with Gasteiger partial charge in [-0.3, -0.25) is 14.4 Å². The molecule has 2 heterocycles. The molecule has 0 unspecified atom stereocenters. The number of nitrogens with zero attached hydrogens (tertiary/aromatic N) is 2. The van der Waals surface area contributed by atoms with Crippen molar-refractivity contribution in [2.75, 3.05) is 11.9 Å². The number of anilines is 1. The average molecular weight is 306 g/mol. The molecule has 0 fully saturated rings. The highest BCUT2D eigenvalue weighted by molar-refractivity contribution is 5.95. The van der Waals surface area contributed by atoms with E-state index in [1.54, 1.807) is 22.1 Å². The van der Waals surface area contributed by atoms with Crippen molar-refractivity contribution in [3.05, 3.63) is 29.6 Å². The molecule has 0 saturated heterocycles. The Morgan fingerprint density at radius 1 is 1.41 bits per heavy atom. The number of hydrogen-bond acceptors (Lipinski definition) is 5. The summed E-state index contributed by atoms with van der Waals surface area (Å²) in [6.07, 6.45) is 4.22. The maximum Gasteiger partial charge on any atom is 0.339 e. The van der Waals surface area contributed by atoms with Crippen LogP contribution in [0.3, 0.4) is 0 Å². The van der Waals surface area contributed by atoms with E-state index in [9.17, 15) is 14.7 Å². The van der Waals surface area contributed by atoms with Crippen LogP contribution in [0.4, 0.5) is 5.82 Å². The molecule has 1 amide bonds. The SMILES string of the molecule is CCCCc1nc2c(C(=O)O)cccn2c1NCC(=O)NO. The van der Waals surface area contributed by atoms with Crippen LogP contribution in [0, 0.1) is 0 Å². The van der Waals surface area contributed by atoms with Gasteiger partial charge in [0.1, 0.15) is 11.4 Å². The first-order valence-corrected chi connectivity index (χ1v) is 6.98. The Bertz CT molecular complexity index is 695. The Kier molecular flexibility index (Phi) is 4.95. The summed E-state index contributed by atoms with van der Waals surface area (Å²) in [6, 6.07) is 3.09. The number of aromatic carboxylic acids is 1. The maximum atomic E-state index is 11.3. The molecule has 2 aromatic heterocycles. The van der Waals surface area contributed by atoms with Gasteiger partial charge >= 0.3 is 5.97 Å². The first-order chi connectivity index (χ1) is 10.6. The van der Waals surface area contributed by atoms with Crippen LogP contribution >= 0.6 is 0 Å². The van der Waals surface area contributed by atoms with Crippen LogP contribution < -0.4 is 10.8 Å². The lowest BCUT2D eigenvalue weighted by molar-refractivity contribution is -0.127. The van der Waals surface area contributed by atoms with Crippen molar-refractivity contribution >= 4 is 23.3 Å². The van der Waals surface area contributed by atoms with Crippen molar-refractivity contribution < 1.29 is 19.9 Å².